The summed E-state index contributed by atoms with van der Waals surface area (Å²) in [5.74, 6) is -1.05. The van der Waals surface area contributed by atoms with Crippen LogP contribution < -0.4 is 5.73 Å². The molecule has 0 radical (unpaired) electrons. The molecule has 0 spiro atoms. The average molecular weight is 283 g/mol. The summed E-state index contributed by atoms with van der Waals surface area (Å²) in [6, 6.07) is -0.895. The van der Waals surface area contributed by atoms with Crippen molar-refractivity contribution >= 4 is 24.5 Å². The first-order chi connectivity index (χ1) is 7.69. The number of nitrogens with two attached hydrogens (primary N) is 1. The van der Waals surface area contributed by atoms with E-state index in [4.69, 9.17) is 15.6 Å². The predicted molar refractivity (Wildman–Crippen MR) is 71.0 cm³/mol. The molecule has 0 aromatic carbocycles. The summed E-state index contributed by atoms with van der Waals surface area (Å²) in [5, 5.41) is 9.03. The van der Waals surface area contributed by atoms with E-state index in [1.165, 1.54) is 7.05 Å². The van der Waals surface area contributed by atoms with Gasteiger partial charge in [0.2, 0.25) is 0 Å². The van der Waals surface area contributed by atoms with Crippen LogP contribution in [0.25, 0.3) is 0 Å². The summed E-state index contributed by atoms with van der Waals surface area (Å²) in [6.45, 7) is 5.59. The quantitative estimate of drug-likeness (QED) is 0.796. The molecular weight excluding hydrogens is 260 g/mol. The number of amides is 1. The highest BCUT2D eigenvalue weighted by molar-refractivity contribution is 5.85. The summed E-state index contributed by atoms with van der Waals surface area (Å²) in [5.41, 5.74) is 4.69. The van der Waals surface area contributed by atoms with Crippen molar-refractivity contribution in [2.24, 2.45) is 5.73 Å². The van der Waals surface area contributed by atoms with E-state index in [2.05, 4.69) is 0 Å². The molecule has 18 heavy (non-hydrogen) atoms. The Hall–Kier alpha value is -1.01. The number of hydrogen-bond acceptors (Lipinski definition) is 4. The van der Waals surface area contributed by atoms with Crippen molar-refractivity contribution in [3.63, 3.8) is 0 Å². The van der Waals surface area contributed by atoms with Crippen LogP contribution in [0.5, 0.6) is 0 Å². The monoisotopic (exact) mass is 282 g/mol. The molecule has 0 saturated heterocycles. The molecule has 7 heteroatoms. The van der Waals surface area contributed by atoms with Crippen molar-refractivity contribution in [2.75, 3.05) is 13.6 Å². The van der Waals surface area contributed by atoms with Gasteiger partial charge in [-0.05, 0) is 40.2 Å². The summed E-state index contributed by atoms with van der Waals surface area (Å²) < 4.78 is 5.10. The summed E-state index contributed by atoms with van der Waals surface area (Å²) in [6.07, 6.45) is 0.230. The normalized spacial score (nSPS) is 12.3. The highest BCUT2D eigenvalue weighted by Gasteiger charge is 2.29. The minimum atomic E-state index is -1.05. The van der Waals surface area contributed by atoms with Gasteiger partial charge in [0.1, 0.15) is 11.6 Å². The lowest BCUT2D eigenvalue weighted by Gasteiger charge is -2.28. The first kappa shape index (κ1) is 19.3. The summed E-state index contributed by atoms with van der Waals surface area (Å²) in [7, 11) is 1.42. The maximum atomic E-state index is 11.7. The third-order valence-corrected chi connectivity index (χ3v) is 2.12. The highest BCUT2D eigenvalue weighted by atomic mass is 35.5. The van der Waals surface area contributed by atoms with E-state index in [1.54, 1.807) is 20.8 Å². The maximum absolute atomic E-state index is 11.7. The molecule has 0 aliphatic heterocycles. The third kappa shape index (κ3) is 7.34. The van der Waals surface area contributed by atoms with Gasteiger partial charge in [-0.15, -0.1) is 12.4 Å². The number of carboxylic acid groups (broad SMARTS) is 1. The molecule has 0 aliphatic carbocycles. The number of rotatable bonds is 5. The molecule has 0 rings (SSSR count). The Labute approximate surface area is 114 Å². The van der Waals surface area contributed by atoms with E-state index in [0.717, 1.165) is 4.90 Å². The van der Waals surface area contributed by atoms with Crippen molar-refractivity contribution in [3.05, 3.63) is 0 Å². The van der Waals surface area contributed by atoms with Crippen molar-refractivity contribution in [3.8, 4) is 0 Å². The van der Waals surface area contributed by atoms with Crippen LogP contribution in [0, 0.1) is 0 Å². The van der Waals surface area contributed by atoms with Gasteiger partial charge in [0.15, 0.2) is 0 Å². The van der Waals surface area contributed by atoms with Gasteiger partial charge in [-0.25, -0.2) is 9.59 Å². The van der Waals surface area contributed by atoms with E-state index in [0.29, 0.717) is 19.4 Å². The second-order valence-corrected chi connectivity index (χ2v) is 4.88. The molecule has 0 aromatic heterocycles. The first-order valence-electron chi connectivity index (χ1n) is 5.57. The van der Waals surface area contributed by atoms with Crippen LogP contribution in [-0.2, 0) is 9.53 Å². The fourth-order valence-corrected chi connectivity index (χ4v) is 1.26. The zero-order valence-corrected chi connectivity index (χ0v) is 12.1. The Balaban J connectivity index is 0. The Morgan fingerprint density at radius 3 is 2.22 bits per heavy atom. The van der Waals surface area contributed by atoms with Crippen LogP contribution in [-0.4, -0.2) is 47.3 Å². The van der Waals surface area contributed by atoms with Crippen molar-refractivity contribution in [1.29, 1.82) is 0 Å². The molecule has 1 amide bonds. The smallest absolute Gasteiger partial charge is 0.410 e. The molecule has 0 aromatic rings. The van der Waals surface area contributed by atoms with Gasteiger partial charge in [0.25, 0.3) is 0 Å². The Bertz CT molecular complexity index is 279. The van der Waals surface area contributed by atoms with Gasteiger partial charge in [0, 0.05) is 7.05 Å². The van der Waals surface area contributed by atoms with Gasteiger partial charge >= 0.3 is 12.1 Å². The van der Waals surface area contributed by atoms with Crippen LogP contribution in [0.2, 0.25) is 0 Å². The van der Waals surface area contributed by atoms with Crippen LogP contribution in [0.3, 0.4) is 0 Å². The van der Waals surface area contributed by atoms with Crippen LogP contribution >= 0.6 is 12.4 Å². The van der Waals surface area contributed by atoms with Gasteiger partial charge in [-0.2, -0.15) is 0 Å². The SMILES string of the molecule is CN(C(=O)OC(C)(C)C)[C@@H](CCCN)C(=O)O.Cl. The van der Waals surface area contributed by atoms with Crippen molar-refractivity contribution in [2.45, 2.75) is 45.3 Å². The van der Waals surface area contributed by atoms with Crippen LogP contribution in [0.1, 0.15) is 33.6 Å². The molecule has 0 unspecified atom stereocenters. The molecule has 0 fully saturated rings. The van der Waals surface area contributed by atoms with Crippen LogP contribution in [0.15, 0.2) is 0 Å². The lowest BCUT2D eigenvalue weighted by molar-refractivity contribution is -0.142. The highest BCUT2D eigenvalue weighted by Crippen LogP contribution is 2.13. The van der Waals surface area contributed by atoms with E-state index < -0.39 is 23.7 Å². The Kier molecular flexibility index (Phi) is 8.76. The fourth-order valence-electron chi connectivity index (χ4n) is 1.26. The van der Waals surface area contributed by atoms with E-state index >= 15 is 0 Å². The number of hydrogen-bond donors (Lipinski definition) is 2. The van der Waals surface area contributed by atoms with E-state index in [9.17, 15) is 9.59 Å². The molecule has 0 heterocycles. The summed E-state index contributed by atoms with van der Waals surface area (Å²) in [4.78, 5) is 23.8. The molecule has 6 nitrogen and oxygen atoms in total. The maximum Gasteiger partial charge on any atom is 0.410 e. The lowest BCUT2D eigenvalue weighted by Crippen LogP contribution is -2.45. The average Bonchev–Trinajstić information content (AvgIpc) is 2.14. The molecular formula is C11H23ClN2O4. The second-order valence-electron chi connectivity index (χ2n) is 4.88. The molecule has 3 N–H and O–H groups in total. The summed E-state index contributed by atoms with van der Waals surface area (Å²) >= 11 is 0. The Morgan fingerprint density at radius 2 is 1.89 bits per heavy atom. The number of ether oxygens (including phenoxy) is 1. The molecule has 0 saturated carbocycles. The number of carbonyl (C=O) groups excluding carboxylic acids is 1. The predicted octanol–water partition coefficient (Wildman–Crippen LogP) is 1.47. The van der Waals surface area contributed by atoms with Crippen molar-refractivity contribution in [1.82, 2.24) is 4.90 Å². The van der Waals surface area contributed by atoms with E-state index in [1.807, 2.05) is 0 Å². The fraction of sp³-hybridized carbons (Fsp3) is 0.818. The lowest BCUT2D eigenvalue weighted by atomic mass is 10.1. The number of carbonyl (C=O) groups is 2. The minimum Gasteiger partial charge on any atom is -0.480 e. The number of carboxylic acids is 1. The number of nitrogens with zero attached hydrogens (tertiary/aromatic N) is 1. The Morgan fingerprint density at radius 1 is 1.39 bits per heavy atom. The number of halogens is 1. The van der Waals surface area contributed by atoms with Gasteiger partial charge in [0.05, 0.1) is 0 Å². The largest absolute Gasteiger partial charge is 0.480 e. The third-order valence-electron chi connectivity index (χ3n) is 2.12. The van der Waals surface area contributed by atoms with Gasteiger partial charge in [-0.3, -0.25) is 4.90 Å². The zero-order chi connectivity index (χ0) is 13.6. The molecule has 108 valence electrons. The molecule has 0 bridgehead atoms. The number of aliphatic carboxylic acids is 1. The van der Waals surface area contributed by atoms with Gasteiger partial charge in [-0.1, -0.05) is 0 Å². The van der Waals surface area contributed by atoms with E-state index in [-0.39, 0.29) is 12.4 Å². The zero-order valence-electron chi connectivity index (χ0n) is 11.3. The minimum absolute atomic E-state index is 0. The van der Waals surface area contributed by atoms with Crippen molar-refractivity contribution < 1.29 is 19.4 Å². The standard InChI is InChI=1S/C11H22N2O4.ClH/c1-11(2,3)17-10(16)13(4)8(9(14)15)6-5-7-12;/h8H,5-7,12H2,1-4H3,(H,14,15);1H/t8-;/m0./s1. The first-order valence-corrected chi connectivity index (χ1v) is 5.57. The second kappa shape index (κ2) is 8.16. The number of likely N-dealkylation sites (N-methyl/N-ethyl adjacent to an activating group) is 1. The van der Waals surface area contributed by atoms with Gasteiger partial charge < -0.3 is 15.6 Å². The van der Waals surface area contributed by atoms with Crippen LogP contribution in [0.4, 0.5) is 4.79 Å². The topological polar surface area (TPSA) is 92.9 Å². The molecule has 1 atom stereocenters. The molecule has 0 aliphatic rings.